The molecule has 1 aliphatic carbocycles. The zero-order valence-electron chi connectivity index (χ0n) is 17.1. The molecular weight excluding hydrogens is 342 g/mol. The Labute approximate surface area is 169 Å². The quantitative estimate of drug-likeness (QED) is 0.841. The van der Waals surface area contributed by atoms with Crippen molar-refractivity contribution in [2.45, 2.75) is 51.6 Å². The van der Waals surface area contributed by atoms with Crippen LogP contribution in [-0.4, -0.2) is 24.2 Å². The number of hydrogen-bond acceptors (Lipinski definition) is 3. The van der Waals surface area contributed by atoms with Gasteiger partial charge in [0, 0.05) is 18.0 Å². The van der Waals surface area contributed by atoms with Crippen molar-refractivity contribution in [2.24, 2.45) is 22.6 Å². The molecule has 2 N–H and O–H groups in total. The zero-order valence-corrected chi connectivity index (χ0v) is 17.1. The largest absolute Gasteiger partial charge is 0.355 e. The third-order valence-electron chi connectivity index (χ3n) is 6.39. The summed E-state index contributed by atoms with van der Waals surface area (Å²) in [4.78, 5) is 7.68. The van der Waals surface area contributed by atoms with E-state index in [2.05, 4.69) is 66.6 Å². The van der Waals surface area contributed by atoms with Crippen LogP contribution in [0.3, 0.4) is 0 Å². The summed E-state index contributed by atoms with van der Waals surface area (Å²) in [5.41, 5.74) is 8.67. The number of fused-ring (bicyclic) bond motifs is 1. The smallest absolute Gasteiger partial charge is 0.121 e. The van der Waals surface area contributed by atoms with E-state index in [1.807, 2.05) is 0 Å². The normalized spacial score (nSPS) is 24.2. The van der Waals surface area contributed by atoms with Crippen LogP contribution in [0, 0.1) is 18.8 Å². The molecule has 4 rings (SSSR count). The maximum absolute atomic E-state index is 5.98. The molecule has 3 heteroatoms. The summed E-state index contributed by atoms with van der Waals surface area (Å²) in [7, 11) is 0. The summed E-state index contributed by atoms with van der Waals surface area (Å²) in [6.07, 6.45) is 9.95. The molecule has 3 nitrogen and oxygen atoms in total. The molecule has 2 aliphatic rings. The van der Waals surface area contributed by atoms with Crippen LogP contribution in [0.15, 0.2) is 53.5 Å². The molecule has 1 heterocycles. The molecule has 3 atom stereocenters. The van der Waals surface area contributed by atoms with Gasteiger partial charge in [0.2, 0.25) is 0 Å². The van der Waals surface area contributed by atoms with Gasteiger partial charge in [-0.3, -0.25) is 4.99 Å². The van der Waals surface area contributed by atoms with E-state index in [4.69, 9.17) is 10.7 Å². The van der Waals surface area contributed by atoms with Gasteiger partial charge >= 0.3 is 0 Å². The Bertz CT molecular complexity index is 890. The minimum atomic E-state index is 0.230. The Kier molecular flexibility index (Phi) is 6.11. The molecule has 2 aromatic carbocycles. The number of benzene rings is 2. The number of aryl methyl sites for hydroxylation is 2. The zero-order chi connectivity index (χ0) is 19.3. The van der Waals surface area contributed by atoms with Gasteiger partial charge in [0.25, 0.3) is 0 Å². The fourth-order valence-electron chi connectivity index (χ4n) is 4.82. The maximum atomic E-state index is 5.98. The van der Waals surface area contributed by atoms with Crippen LogP contribution in [0.2, 0.25) is 0 Å². The Morgan fingerprint density at radius 2 is 1.89 bits per heavy atom. The van der Waals surface area contributed by atoms with Crippen molar-refractivity contribution in [3.05, 3.63) is 70.2 Å². The standard InChI is InChI=1S/C25H33N3/c1-19-10-12-24-23(14-19)18-28(17-22-9-5-8-21(15-22)16-26)25(27-24)13-11-20-6-3-2-4-7-20/h2-4,6-7,10,12,14,18,21-22,25H,5,8-9,11,13,15-17,26H2,1H3. The average Bonchev–Trinajstić information content (AvgIpc) is 2.73. The summed E-state index contributed by atoms with van der Waals surface area (Å²) in [5.74, 6) is 1.44. The highest BCUT2D eigenvalue weighted by Gasteiger charge is 2.26. The van der Waals surface area contributed by atoms with Gasteiger partial charge in [0.1, 0.15) is 6.17 Å². The third-order valence-corrected chi connectivity index (χ3v) is 6.39. The monoisotopic (exact) mass is 375 g/mol. The third kappa shape index (κ3) is 4.64. The second kappa shape index (κ2) is 8.91. The van der Waals surface area contributed by atoms with Gasteiger partial charge in [-0.15, -0.1) is 0 Å². The molecule has 0 amide bonds. The predicted octanol–water partition coefficient (Wildman–Crippen LogP) is 3.39. The number of nitrogens with zero attached hydrogens (tertiary/aromatic N) is 2. The lowest BCUT2D eigenvalue weighted by Gasteiger charge is -2.36. The van der Waals surface area contributed by atoms with Crippen molar-refractivity contribution in [1.82, 2.24) is 4.90 Å². The summed E-state index contributed by atoms with van der Waals surface area (Å²) in [5, 5.41) is 2.41. The lowest BCUT2D eigenvalue weighted by atomic mass is 9.81. The van der Waals surface area contributed by atoms with E-state index >= 15 is 0 Å². The van der Waals surface area contributed by atoms with E-state index in [1.165, 1.54) is 42.0 Å². The molecule has 1 saturated carbocycles. The molecular formula is C25H33N3. The highest BCUT2D eigenvalue weighted by molar-refractivity contribution is 5.28. The Hall–Kier alpha value is -2.13. The predicted molar refractivity (Wildman–Crippen MR) is 116 cm³/mol. The lowest BCUT2D eigenvalue weighted by molar-refractivity contribution is 0.188. The summed E-state index contributed by atoms with van der Waals surface area (Å²) >= 11 is 0. The topological polar surface area (TPSA) is 41.6 Å². The van der Waals surface area contributed by atoms with E-state index in [0.29, 0.717) is 5.92 Å². The first-order valence-corrected chi connectivity index (χ1v) is 10.9. The van der Waals surface area contributed by atoms with Gasteiger partial charge in [-0.1, -0.05) is 48.4 Å². The lowest BCUT2D eigenvalue weighted by Crippen LogP contribution is -2.44. The van der Waals surface area contributed by atoms with Crippen LogP contribution in [0.25, 0.3) is 6.20 Å². The maximum Gasteiger partial charge on any atom is 0.121 e. The molecule has 0 spiro atoms. The summed E-state index contributed by atoms with van der Waals surface area (Å²) in [6.45, 7) is 4.10. The second-order valence-electron chi connectivity index (χ2n) is 8.66. The van der Waals surface area contributed by atoms with Crippen molar-refractivity contribution in [3.63, 3.8) is 0 Å². The summed E-state index contributed by atoms with van der Waals surface area (Å²) < 4.78 is 0. The Balaban J connectivity index is 1.54. The molecule has 1 aliphatic heterocycles. The van der Waals surface area contributed by atoms with E-state index in [-0.39, 0.29) is 6.17 Å². The van der Waals surface area contributed by atoms with Gasteiger partial charge in [0.15, 0.2) is 0 Å². The fraction of sp³-hybridized carbons (Fsp3) is 0.480. The van der Waals surface area contributed by atoms with E-state index in [0.717, 1.165) is 37.2 Å². The van der Waals surface area contributed by atoms with Crippen LogP contribution >= 0.6 is 0 Å². The molecule has 0 bridgehead atoms. The number of hydrogen-bond donors (Lipinski definition) is 1. The summed E-state index contributed by atoms with van der Waals surface area (Å²) in [6, 6.07) is 17.4. The van der Waals surface area contributed by atoms with Gasteiger partial charge in [-0.2, -0.15) is 0 Å². The van der Waals surface area contributed by atoms with Crippen molar-refractivity contribution >= 4 is 6.20 Å². The molecule has 2 aromatic rings. The van der Waals surface area contributed by atoms with Crippen molar-refractivity contribution in [3.8, 4) is 0 Å². The molecule has 0 aromatic heterocycles. The minimum absolute atomic E-state index is 0.230. The van der Waals surface area contributed by atoms with Gasteiger partial charge in [-0.25, -0.2) is 0 Å². The highest BCUT2D eigenvalue weighted by Crippen LogP contribution is 2.30. The molecule has 0 saturated heterocycles. The molecule has 1 fully saturated rings. The van der Waals surface area contributed by atoms with Crippen LogP contribution in [0.1, 0.15) is 43.2 Å². The molecule has 3 unspecified atom stereocenters. The Morgan fingerprint density at radius 3 is 2.71 bits per heavy atom. The average molecular weight is 376 g/mol. The van der Waals surface area contributed by atoms with Crippen LogP contribution in [0.4, 0.5) is 0 Å². The van der Waals surface area contributed by atoms with Crippen LogP contribution < -0.4 is 16.3 Å². The van der Waals surface area contributed by atoms with Gasteiger partial charge < -0.3 is 10.6 Å². The fourth-order valence-corrected chi connectivity index (χ4v) is 4.82. The Morgan fingerprint density at radius 1 is 1.07 bits per heavy atom. The molecule has 0 radical (unpaired) electrons. The van der Waals surface area contributed by atoms with Gasteiger partial charge in [-0.05, 0) is 75.1 Å². The van der Waals surface area contributed by atoms with Gasteiger partial charge in [0.05, 0.1) is 5.36 Å². The molecule has 28 heavy (non-hydrogen) atoms. The number of rotatable bonds is 6. The second-order valence-corrected chi connectivity index (χ2v) is 8.66. The first kappa shape index (κ1) is 19.2. The van der Waals surface area contributed by atoms with Crippen molar-refractivity contribution < 1.29 is 0 Å². The van der Waals surface area contributed by atoms with Crippen LogP contribution in [0.5, 0.6) is 0 Å². The minimum Gasteiger partial charge on any atom is -0.355 e. The number of nitrogens with two attached hydrogens (primary N) is 1. The van der Waals surface area contributed by atoms with Crippen molar-refractivity contribution in [1.29, 1.82) is 0 Å². The first-order chi connectivity index (χ1) is 13.7. The molecule has 148 valence electrons. The van der Waals surface area contributed by atoms with E-state index < -0.39 is 0 Å². The van der Waals surface area contributed by atoms with E-state index in [9.17, 15) is 0 Å². The first-order valence-electron chi connectivity index (χ1n) is 10.9. The van der Waals surface area contributed by atoms with Crippen LogP contribution in [-0.2, 0) is 6.42 Å². The van der Waals surface area contributed by atoms with E-state index in [1.54, 1.807) is 0 Å². The highest BCUT2D eigenvalue weighted by atomic mass is 15.2. The SMILES string of the molecule is Cc1ccc2c(c1)=CN(CC1CCCC(CN)C1)C(CCc1ccccc1)N=2. The van der Waals surface area contributed by atoms with Crippen molar-refractivity contribution in [2.75, 3.05) is 13.1 Å².